The summed E-state index contributed by atoms with van der Waals surface area (Å²) in [4.78, 5) is 42.3. The van der Waals surface area contributed by atoms with Crippen LogP contribution in [0.2, 0.25) is 0 Å². The fourth-order valence-corrected chi connectivity index (χ4v) is 4.14. The van der Waals surface area contributed by atoms with E-state index in [2.05, 4.69) is 10.6 Å². The normalized spacial score (nSPS) is 13.8. The number of alkyl carbamates (subject to hydrolysis) is 1. The van der Waals surface area contributed by atoms with Gasteiger partial charge in [0.2, 0.25) is 5.91 Å². The molecule has 2 aromatic carbocycles. The van der Waals surface area contributed by atoms with Crippen molar-refractivity contribution in [2.75, 3.05) is 5.32 Å². The summed E-state index contributed by atoms with van der Waals surface area (Å²) < 4.78 is 5.41. The van der Waals surface area contributed by atoms with Gasteiger partial charge < -0.3 is 25.4 Å². The molecule has 0 spiro atoms. The summed E-state index contributed by atoms with van der Waals surface area (Å²) in [7, 11) is 0. The van der Waals surface area contributed by atoms with Gasteiger partial charge >= 0.3 is 6.09 Å². The third-order valence-corrected chi connectivity index (χ3v) is 6.42. The maximum absolute atomic E-state index is 14.2. The Kier molecular flexibility index (Phi) is 10.3. The molecule has 0 saturated heterocycles. The zero-order valence-electron chi connectivity index (χ0n) is 24.1. The van der Waals surface area contributed by atoms with Crippen LogP contribution in [0.25, 0.3) is 0 Å². The lowest BCUT2D eigenvalue weighted by atomic mass is 9.95. The number of carbonyl (C=O) groups excluding carboxylic acids is 3. The van der Waals surface area contributed by atoms with Gasteiger partial charge in [0, 0.05) is 17.3 Å². The van der Waals surface area contributed by atoms with Crippen LogP contribution in [0, 0.1) is 19.8 Å². The molecule has 3 amide bonds. The van der Waals surface area contributed by atoms with Crippen LogP contribution in [-0.2, 0) is 14.3 Å². The van der Waals surface area contributed by atoms with E-state index >= 15 is 0 Å². The van der Waals surface area contributed by atoms with Crippen molar-refractivity contribution in [2.45, 2.75) is 92.5 Å². The fraction of sp³-hybridized carbons (Fsp3) is 0.500. The molecule has 0 bridgehead atoms. The Hall–Kier alpha value is -3.55. The average molecular weight is 526 g/mol. The lowest BCUT2D eigenvalue weighted by Gasteiger charge is -2.39. The molecule has 208 valence electrons. The van der Waals surface area contributed by atoms with E-state index in [9.17, 15) is 19.5 Å². The number of para-hydroxylation sites is 2. The summed E-state index contributed by atoms with van der Waals surface area (Å²) >= 11 is 0. The highest BCUT2D eigenvalue weighted by atomic mass is 16.6. The molecule has 0 radical (unpaired) electrons. The predicted octanol–water partition coefficient (Wildman–Crippen LogP) is 5.87. The molecule has 3 N–H and O–H groups in total. The molecule has 8 nitrogen and oxygen atoms in total. The highest BCUT2D eigenvalue weighted by molar-refractivity contribution is 6.00. The largest absolute Gasteiger partial charge is 0.507 e. The highest BCUT2D eigenvalue weighted by Crippen LogP contribution is 2.35. The minimum atomic E-state index is -1.15. The molecule has 2 aromatic rings. The number of nitrogens with zero attached hydrogens (tertiary/aromatic N) is 1. The van der Waals surface area contributed by atoms with Gasteiger partial charge in [-0.25, -0.2) is 4.79 Å². The van der Waals surface area contributed by atoms with E-state index in [1.807, 2.05) is 52.8 Å². The summed E-state index contributed by atoms with van der Waals surface area (Å²) in [6, 6.07) is 10.00. The number of aromatic hydroxyl groups is 1. The number of hydrogen-bond acceptors (Lipinski definition) is 5. The SMILES string of the molecule is CCC(C)N(C(=O)C(NC(=O)OC(C)(C)C)C(C)C)C(C(=O)Nc1ccccc1C)c1cccc(C)c1O. The number of rotatable bonds is 9. The van der Waals surface area contributed by atoms with E-state index in [0.717, 1.165) is 5.56 Å². The lowest BCUT2D eigenvalue weighted by molar-refractivity contribution is -0.144. The summed E-state index contributed by atoms with van der Waals surface area (Å²) in [5, 5.41) is 16.7. The van der Waals surface area contributed by atoms with Crippen molar-refractivity contribution in [1.82, 2.24) is 10.2 Å². The first-order chi connectivity index (χ1) is 17.7. The Morgan fingerprint density at radius 3 is 2.13 bits per heavy atom. The number of amides is 3. The summed E-state index contributed by atoms with van der Waals surface area (Å²) in [5.74, 6) is -1.26. The highest BCUT2D eigenvalue weighted by Gasteiger charge is 2.40. The Morgan fingerprint density at radius 2 is 1.58 bits per heavy atom. The van der Waals surface area contributed by atoms with Crippen LogP contribution in [0.5, 0.6) is 5.75 Å². The van der Waals surface area contributed by atoms with E-state index in [1.165, 1.54) is 4.90 Å². The van der Waals surface area contributed by atoms with Crippen LogP contribution < -0.4 is 10.6 Å². The Labute approximate surface area is 226 Å². The number of hydrogen-bond donors (Lipinski definition) is 3. The molecule has 38 heavy (non-hydrogen) atoms. The van der Waals surface area contributed by atoms with Crippen LogP contribution in [0.4, 0.5) is 10.5 Å². The quantitative estimate of drug-likeness (QED) is 0.380. The standard InChI is InChI=1S/C30H43N3O5/c1-10-21(6)33(28(36)24(18(2)3)32-29(37)38-30(7,8)9)25(22-16-13-15-20(5)26(22)34)27(35)31-23-17-12-11-14-19(23)4/h11-18,21,24-25,34H,10H2,1-9H3,(H,31,35)(H,32,37). The second-order valence-electron chi connectivity index (χ2n) is 11.1. The van der Waals surface area contributed by atoms with E-state index in [4.69, 9.17) is 4.74 Å². The molecule has 0 aromatic heterocycles. The van der Waals surface area contributed by atoms with Gasteiger partial charge in [0.05, 0.1) is 0 Å². The van der Waals surface area contributed by atoms with Crippen LogP contribution in [0.1, 0.15) is 77.6 Å². The summed E-state index contributed by atoms with van der Waals surface area (Å²) in [6.07, 6.45) is -0.169. The van der Waals surface area contributed by atoms with Crippen LogP contribution in [0.15, 0.2) is 42.5 Å². The van der Waals surface area contributed by atoms with Gasteiger partial charge in [-0.1, -0.05) is 57.2 Å². The van der Waals surface area contributed by atoms with E-state index < -0.39 is 41.6 Å². The van der Waals surface area contributed by atoms with Gasteiger partial charge in [0.25, 0.3) is 5.91 Å². The number of anilines is 1. The number of phenols is 1. The smallest absolute Gasteiger partial charge is 0.408 e. The molecule has 0 aliphatic carbocycles. The Balaban J connectivity index is 2.63. The van der Waals surface area contributed by atoms with E-state index in [0.29, 0.717) is 23.2 Å². The number of ether oxygens (including phenoxy) is 1. The fourth-order valence-electron chi connectivity index (χ4n) is 4.14. The predicted molar refractivity (Wildman–Crippen MR) is 150 cm³/mol. The molecule has 0 aliphatic rings. The van der Waals surface area contributed by atoms with Crippen molar-refractivity contribution in [2.24, 2.45) is 5.92 Å². The maximum atomic E-state index is 14.2. The van der Waals surface area contributed by atoms with Gasteiger partial charge in [-0.3, -0.25) is 9.59 Å². The van der Waals surface area contributed by atoms with Crippen molar-refractivity contribution in [3.63, 3.8) is 0 Å². The monoisotopic (exact) mass is 525 g/mol. The van der Waals surface area contributed by atoms with Gasteiger partial charge in [-0.05, 0) is 71.1 Å². The second-order valence-corrected chi connectivity index (χ2v) is 11.1. The minimum Gasteiger partial charge on any atom is -0.507 e. The number of aryl methyl sites for hydroxylation is 2. The Bertz CT molecular complexity index is 1140. The number of nitrogens with one attached hydrogen (secondary N) is 2. The molecular weight excluding hydrogens is 482 g/mol. The Morgan fingerprint density at radius 1 is 0.974 bits per heavy atom. The van der Waals surface area contributed by atoms with Crippen LogP contribution >= 0.6 is 0 Å². The van der Waals surface area contributed by atoms with Crippen molar-refractivity contribution in [3.8, 4) is 5.75 Å². The molecular formula is C30H43N3O5. The molecule has 2 rings (SSSR count). The lowest BCUT2D eigenvalue weighted by Crippen LogP contribution is -2.56. The summed E-state index contributed by atoms with van der Waals surface area (Å²) in [5.41, 5.74) is 1.62. The summed E-state index contributed by atoms with van der Waals surface area (Å²) in [6.45, 7) is 16.3. The first kappa shape index (κ1) is 30.7. The second kappa shape index (κ2) is 12.8. The zero-order valence-corrected chi connectivity index (χ0v) is 24.1. The number of carbonyl (C=O) groups is 3. The molecule has 3 unspecified atom stereocenters. The molecule has 0 saturated carbocycles. The van der Waals surface area contributed by atoms with Crippen LogP contribution in [0.3, 0.4) is 0 Å². The van der Waals surface area contributed by atoms with E-state index in [-0.39, 0.29) is 11.7 Å². The number of phenolic OH excluding ortho intramolecular Hbond substituents is 1. The van der Waals surface area contributed by atoms with Crippen molar-refractivity contribution in [3.05, 3.63) is 59.2 Å². The van der Waals surface area contributed by atoms with E-state index in [1.54, 1.807) is 52.0 Å². The topological polar surface area (TPSA) is 108 Å². The zero-order chi connectivity index (χ0) is 28.8. The van der Waals surface area contributed by atoms with Gasteiger partial charge in [-0.15, -0.1) is 0 Å². The third-order valence-electron chi connectivity index (χ3n) is 6.42. The van der Waals surface area contributed by atoms with Gasteiger partial charge in [-0.2, -0.15) is 0 Å². The molecule has 0 heterocycles. The first-order valence-electron chi connectivity index (χ1n) is 13.1. The molecule has 3 atom stereocenters. The number of benzene rings is 2. The average Bonchev–Trinajstić information content (AvgIpc) is 2.82. The van der Waals surface area contributed by atoms with Crippen molar-refractivity contribution in [1.29, 1.82) is 0 Å². The first-order valence-corrected chi connectivity index (χ1v) is 13.1. The van der Waals surface area contributed by atoms with Crippen molar-refractivity contribution >= 4 is 23.6 Å². The third kappa shape index (κ3) is 7.73. The van der Waals surface area contributed by atoms with Crippen LogP contribution in [-0.4, -0.2) is 45.6 Å². The van der Waals surface area contributed by atoms with Gasteiger partial charge in [0.15, 0.2) is 0 Å². The maximum Gasteiger partial charge on any atom is 0.408 e. The van der Waals surface area contributed by atoms with Gasteiger partial charge in [0.1, 0.15) is 23.4 Å². The van der Waals surface area contributed by atoms with Crippen molar-refractivity contribution < 1.29 is 24.2 Å². The molecule has 8 heteroatoms. The molecule has 0 fully saturated rings. The molecule has 0 aliphatic heterocycles. The minimum absolute atomic E-state index is 0.0558.